The van der Waals surface area contributed by atoms with E-state index in [9.17, 15) is 13.2 Å². The van der Waals surface area contributed by atoms with Crippen LogP contribution in [0.2, 0.25) is 0 Å². The minimum absolute atomic E-state index is 0. The van der Waals surface area contributed by atoms with Gasteiger partial charge in [-0.15, -0.1) is 12.4 Å². The molecule has 1 aromatic rings. The molecule has 9 heteroatoms. The minimum atomic E-state index is -3.57. The highest BCUT2D eigenvalue weighted by Gasteiger charge is 2.17. The third-order valence-corrected chi connectivity index (χ3v) is 5.56. The van der Waals surface area contributed by atoms with Gasteiger partial charge in [0.1, 0.15) is 0 Å². The Bertz CT molecular complexity index is 676. The fourth-order valence-corrected chi connectivity index (χ4v) is 3.71. The van der Waals surface area contributed by atoms with E-state index < -0.39 is 10.0 Å². The van der Waals surface area contributed by atoms with Crippen LogP contribution in [0.15, 0.2) is 23.1 Å². The second-order valence-electron chi connectivity index (χ2n) is 5.83. The van der Waals surface area contributed by atoms with E-state index in [1.165, 1.54) is 12.1 Å². The highest BCUT2D eigenvalue weighted by molar-refractivity contribution is 7.89. The molecule has 1 fully saturated rings. The minimum Gasteiger partial charge on any atom is -0.351 e. The Morgan fingerprint density at radius 2 is 1.96 bits per heavy atom. The van der Waals surface area contributed by atoms with Crippen LogP contribution >= 0.6 is 12.4 Å². The first-order chi connectivity index (χ1) is 11.4. The monoisotopic (exact) mass is 390 g/mol. The zero-order chi connectivity index (χ0) is 17.6. The number of hydrogen-bond donors (Lipinski definition) is 3. The van der Waals surface area contributed by atoms with Crippen molar-refractivity contribution in [1.82, 2.24) is 20.3 Å². The second-order valence-corrected chi connectivity index (χ2v) is 7.59. The molecule has 1 aromatic carbocycles. The van der Waals surface area contributed by atoms with Crippen molar-refractivity contribution in [3.05, 3.63) is 29.3 Å². The van der Waals surface area contributed by atoms with E-state index in [0.29, 0.717) is 18.7 Å². The fraction of sp³-hybridized carbons (Fsp3) is 0.562. The van der Waals surface area contributed by atoms with Crippen molar-refractivity contribution < 1.29 is 13.2 Å². The Hall–Kier alpha value is -1.19. The lowest BCUT2D eigenvalue weighted by molar-refractivity contribution is 0.0946. The maximum absolute atomic E-state index is 12.4. The quantitative estimate of drug-likeness (QED) is 0.625. The van der Waals surface area contributed by atoms with E-state index in [4.69, 9.17) is 0 Å². The largest absolute Gasteiger partial charge is 0.351 e. The van der Waals surface area contributed by atoms with Gasteiger partial charge >= 0.3 is 0 Å². The number of nitrogens with one attached hydrogen (secondary N) is 3. The summed E-state index contributed by atoms with van der Waals surface area (Å²) < 4.78 is 26.6. The molecule has 1 saturated heterocycles. The Labute approximate surface area is 156 Å². The predicted molar refractivity (Wildman–Crippen MR) is 101 cm³/mol. The molecule has 0 spiro atoms. The number of piperazine rings is 1. The lowest BCUT2D eigenvalue weighted by atomic mass is 10.1. The molecule has 0 saturated carbocycles. The molecule has 0 unspecified atom stereocenters. The molecule has 1 aliphatic heterocycles. The summed E-state index contributed by atoms with van der Waals surface area (Å²) in [4.78, 5) is 14.8. The first-order valence-electron chi connectivity index (χ1n) is 8.25. The summed E-state index contributed by atoms with van der Waals surface area (Å²) in [6.45, 7) is 9.06. The summed E-state index contributed by atoms with van der Waals surface area (Å²) in [6.07, 6.45) is 0. The lowest BCUT2D eigenvalue weighted by Crippen LogP contribution is -2.46. The van der Waals surface area contributed by atoms with Crippen molar-refractivity contribution in [2.24, 2.45) is 0 Å². The maximum Gasteiger partial charge on any atom is 0.251 e. The highest BCUT2D eigenvalue weighted by atomic mass is 35.5. The average molecular weight is 391 g/mol. The van der Waals surface area contributed by atoms with Crippen molar-refractivity contribution in [3.8, 4) is 0 Å². The van der Waals surface area contributed by atoms with Crippen LogP contribution in [0.25, 0.3) is 0 Å². The molecule has 142 valence electrons. The number of aryl methyl sites for hydroxylation is 1. The van der Waals surface area contributed by atoms with Gasteiger partial charge in [-0.05, 0) is 24.6 Å². The van der Waals surface area contributed by atoms with E-state index in [0.717, 1.165) is 38.3 Å². The molecule has 1 heterocycles. The number of amides is 1. The first-order valence-corrected chi connectivity index (χ1v) is 9.74. The second kappa shape index (κ2) is 10.1. The fourth-order valence-electron chi connectivity index (χ4n) is 2.64. The molecular weight excluding hydrogens is 364 g/mol. The molecule has 0 aromatic heterocycles. The summed E-state index contributed by atoms with van der Waals surface area (Å²) in [5.41, 5.74) is 1.15. The molecule has 7 nitrogen and oxygen atoms in total. The molecule has 25 heavy (non-hydrogen) atoms. The van der Waals surface area contributed by atoms with E-state index in [1.807, 2.05) is 0 Å². The van der Waals surface area contributed by atoms with Gasteiger partial charge < -0.3 is 10.6 Å². The van der Waals surface area contributed by atoms with Crippen LogP contribution in [-0.4, -0.2) is 65.0 Å². The van der Waals surface area contributed by atoms with Gasteiger partial charge in [0, 0.05) is 51.4 Å². The average Bonchev–Trinajstić information content (AvgIpc) is 2.56. The molecule has 1 amide bonds. The zero-order valence-corrected chi connectivity index (χ0v) is 16.3. The van der Waals surface area contributed by atoms with Crippen LogP contribution in [0.1, 0.15) is 22.8 Å². The number of rotatable bonds is 7. The normalized spacial score (nSPS) is 15.4. The number of sulfonamides is 1. The zero-order valence-electron chi connectivity index (χ0n) is 14.7. The molecule has 2 rings (SSSR count). The van der Waals surface area contributed by atoms with Crippen LogP contribution < -0.4 is 15.4 Å². The first kappa shape index (κ1) is 21.9. The molecule has 0 atom stereocenters. The lowest BCUT2D eigenvalue weighted by Gasteiger charge is -2.27. The summed E-state index contributed by atoms with van der Waals surface area (Å²) in [6, 6.07) is 4.62. The van der Waals surface area contributed by atoms with Crippen molar-refractivity contribution in [1.29, 1.82) is 0 Å². The van der Waals surface area contributed by atoms with Crippen LogP contribution in [0.5, 0.6) is 0 Å². The molecule has 3 N–H and O–H groups in total. The Balaban J connectivity index is 0.00000312. The van der Waals surface area contributed by atoms with Gasteiger partial charge in [0.25, 0.3) is 5.91 Å². The number of benzene rings is 1. The number of halogens is 1. The number of carbonyl (C=O) groups is 1. The van der Waals surface area contributed by atoms with Crippen LogP contribution in [0.3, 0.4) is 0 Å². The van der Waals surface area contributed by atoms with Gasteiger partial charge in [0.05, 0.1) is 4.90 Å². The van der Waals surface area contributed by atoms with Gasteiger partial charge in [0.2, 0.25) is 10.0 Å². The SMILES string of the molecule is CCNS(=O)(=O)c1ccc(C)c(C(=O)NCCN2CCNCC2)c1.Cl. The summed E-state index contributed by atoms with van der Waals surface area (Å²) in [7, 11) is -3.57. The van der Waals surface area contributed by atoms with Crippen LogP contribution in [-0.2, 0) is 10.0 Å². The number of hydrogen-bond acceptors (Lipinski definition) is 5. The Morgan fingerprint density at radius 3 is 2.60 bits per heavy atom. The standard InChI is InChI=1S/C16H26N4O3S.ClH/c1-3-19-24(22,23)14-5-4-13(2)15(12-14)16(21)18-8-11-20-9-6-17-7-10-20;/h4-5,12,17,19H,3,6-11H2,1-2H3,(H,18,21);1H. The predicted octanol–water partition coefficient (Wildman–Crippen LogP) is 0.350. The van der Waals surface area contributed by atoms with Gasteiger partial charge in [-0.3, -0.25) is 9.69 Å². The van der Waals surface area contributed by atoms with Gasteiger partial charge in [-0.25, -0.2) is 13.1 Å². The van der Waals surface area contributed by atoms with Crippen molar-refractivity contribution in [2.75, 3.05) is 45.8 Å². The van der Waals surface area contributed by atoms with E-state index in [2.05, 4.69) is 20.3 Å². The third kappa shape index (κ3) is 6.23. The van der Waals surface area contributed by atoms with Crippen molar-refractivity contribution in [3.63, 3.8) is 0 Å². The van der Waals surface area contributed by atoms with Gasteiger partial charge in [0.15, 0.2) is 0 Å². The summed E-state index contributed by atoms with van der Waals surface area (Å²) in [5, 5.41) is 6.17. The smallest absolute Gasteiger partial charge is 0.251 e. The Morgan fingerprint density at radius 1 is 1.28 bits per heavy atom. The summed E-state index contributed by atoms with van der Waals surface area (Å²) >= 11 is 0. The molecule has 0 bridgehead atoms. The number of nitrogens with zero attached hydrogens (tertiary/aromatic N) is 1. The maximum atomic E-state index is 12.4. The van der Waals surface area contributed by atoms with Crippen LogP contribution in [0.4, 0.5) is 0 Å². The topological polar surface area (TPSA) is 90.5 Å². The molecule has 0 radical (unpaired) electrons. The summed E-state index contributed by atoms with van der Waals surface area (Å²) in [5.74, 6) is -0.240. The van der Waals surface area contributed by atoms with Crippen molar-refractivity contribution in [2.45, 2.75) is 18.7 Å². The van der Waals surface area contributed by atoms with E-state index in [1.54, 1.807) is 19.9 Å². The Kier molecular flexibility index (Phi) is 8.81. The molecular formula is C16H27ClN4O3S. The van der Waals surface area contributed by atoms with E-state index >= 15 is 0 Å². The number of carbonyl (C=O) groups excluding carboxylic acids is 1. The third-order valence-electron chi connectivity index (χ3n) is 4.02. The van der Waals surface area contributed by atoms with Gasteiger partial charge in [-0.1, -0.05) is 13.0 Å². The highest BCUT2D eigenvalue weighted by Crippen LogP contribution is 2.15. The molecule has 1 aliphatic rings. The van der Waals surface area contributed by atoms with Gasteiger partial charge in [-0.2, -0.15) is 0 Å². The molecule has 0 aliphatic carbocycles. The van der Waals surface area contributed by atoms with Crippen LogP contribution in [0, 0.1) is 6.92 Å². The van der Waals surface area contributed by atoms with E-state index in [-0.39, 0.29) is 23.2 Å². The van der Waals surface area contributed by atoms with Crippen molar-refractivity contribution >= 4 is 28.3 Å².